The smallest absolute Gasteiger partial charge is 0.167 e. The fraction of sp³-hybridized carbons (Fsp3) is 0.133. The fourth-order valence-electron chi connectivity index (χ4n) is 3.77. The molecule has 0 heterocycles. The molecule has 0 aliphatic carbocycles. The lowest BCUT2D eigenvalue weighted by molar-refractivity contribution is 0.321. The Hall–Kier alpha value is -3.79. The first-order valence-corrected chi connectivity index (χ1v) is 11.3. The first-order valence-electron chi connectivity index (χ1n) is 11.3. The molecule has 0 aliphatic heterocycles. The van der Waals surface area contributed by atoms with Crippen molar-refractivity contribution in [1.29, 1.82) is 0 Å². The van der Waals surface area contributed by atoms with E-state index in [2.05, 4.69) is 0 Å². The van der Waals surface area contributed by atoms with Crippen LogP contribution in [0.3, 0.4) is 0 Å². The summed E-state index contributed by atoms with van der Waals surface area (Å²) >= 11 is 0. The van der Waals surface area contributed by atoms with Crippen LogP contribution in [0.1, 0.15) is 30.5 Å². The molecule has 4 heteroatoms. The van der Waals surface area contributed by atoms with E-state index < -0.39 is 17.5 Å². The van der Waals surface area contributed by atoms with E-state index in [-0.39, 0.29) is 16.9 Å². The second kappa shape index (κ2) is 10.4. The summed E-state index contributed by atoms with van der Waals surface area (Å²) in [5, 5.41) is 0. The number of rotatable bonds is 7. The molecule has 0 spiro atoms. The molecule has 1 nitrogen and oxygen atoms in total. The molecule has 4 rings (SSSR count). The molecule has 0 saturated carbocycles. The van der Waals surface area contributed by atoms with Crippen molar-refractivity contribution in [2.45, 2.75) is 20.3 Å². The molecule has 34 heavy (non-hydrogen) atoms. The second-order valence-corrected chi connectivity index (χ2v) is 7.92. The topological polar surface area (TPSA) is 9.23 Å². The van der Waals surface area contributed by atoms with E-state index >= 15 is 0 Å². The van der Waals surface area contributed by atoms with Gasteiger partial charge in [-0.25, -0.2) is 13.2 Å². The summed E-state index contributed by atoms with van der Waals surface area (Å²) in [5.74, 6) is -1.92. The van der Waals surface area contributed by atoms with Crippen LogP contribution >= 0.6 is 0 Å². The Kier molecular flexibility index (Phi) is 7.17. The number of halogens is 3. The Bertz CT molecular complexity index is 1310. The second-order valence-electron chi connectivity index (χ2n) is 7.92. The van der Waals surface area contributed by atoms with Crippen LogP contribution in [0, 0.1) is 17.5 Å². The van der Waals surface area contributed by atoms with Crippen LogP contribution in [0.25, 0.3) is 34.4 Å². The number of hydrogen-bond acceptors (Lipinski definition) is 1. The maximum atomic E-state index is 14.9. The highest BCUT2D eigenvalue weighted by Crippen LogP contribution is 2.32. The van der Waals surface area contributed by atoms with E-state index in [1.54, 1.807) is 49.4 Å². The van der Waals surface area contributed by atoms with Gasteiger partial charge in [-0.05, 0) is 53.3 Å². The van der Waals surface area contributed by atoms with Gasteiger partial charge in [0.15, 0.2) is 23.2 Å². The Morgan fingerprint density at radius 3 is 1.71 bits per heavy atom. The van der Waals surface area contributed by atoms with Crippen molar-refractivity contribution in [3.8, 4) is 28.0 Å². The van der Waals surface area contributed by atoms with Crippen molar-refractivity contribution in [2.75, 3.05) is 6.61 Å². The van der Waals surface area contributed by atoms with E-state index in [1.807, 2.05) is 49.4 Å². The van der Waals surface area contributed by atoms with E-state index in [4.69, 9.17) is 4.74 Å². The third kappa shape index (κ3) is 5.07. The van der Waals surface area contributed by atoms with Crippen molar-refractivity contribution in [2.24, 2.45) is 0 Å². The molecular formula is C30H25F3O. The van der Waals surface area contributed by atoms with Crippen molar-refractivity contribution >= 4 is 12.2 Å². The molecule has 0 aromatic heterocycles. The minimum absolute atomic E-state index is 0.204. The summed E-state index contributed by atoms with van der Waals surface area (Å²) in [6.07, 6.45) is 4.50. The van der Waals surface area contributed by atoms with Crippen LogP contribution in [0.15, 0.2) is 78.9 Å². The van der Waals surface area contributed by atoms with Gasteiger partial charge in [0.2, 0.25) is 0 Å². The van der Waals surface area contributed by atoms with Gasteiger partial charge in [0.1, 0.15) is 0 Å². The average Bonchev–Trinajstić information content (AvgIpc) is 2.86. The van der Waals surface area contributed by atoms with Crippen LogP contribution < -0.4 is 4.74 Å². The Morgan fingerprint density at radius 1 is 0.647 bits per heavy atom. The zero-order valence-electron chi connectivity index (χ0n) is 19.1. The van der Waals surface area contributed by atoms with Gasteiger partial charge in [-0.1, -0.05) is 85.8 Å². The highest BCUT2D eigenvalue weighted by molar-refractivity contribution is 5.74. The van der Waals surface area contributed by atoms with E-state index in [1.165, 1.54) is 6.07 Å². The molecule has 4 aromatic carbocycles. The SMILES string of the molecule is CCOc1ccc(C=Cc2ccc(-c3ccc(-c4ccc(CC)cc4)c(F)c3F)cc2)cc1F. The molecule has 0 N–H and O–H groups in total. The van der Waals surface area contributed by atoms with Crippen molar-refractivity contribution in [3.63, 3.8) is 0 Å². The molecule has 0 fully saturated rings. The number of benzene rings is 4. The standard InChI is InChI=1S/C30H25F3O/c1-3-20-7-12-23(13-8-20)25-16-17-26(30(33)29(25)32)24-14-9-21(10-15-24)5-6-22-11-18-28(34-4-2)27(31)19-22/h5-19H,3-4H2,1-2H3. The quantitative estimate of drug-likeness (QED) is 0.252. The van der Waals surface area contributed by atoms with Crippen molar-refractivity contribution < 1.29 is 17.9 Å². The van der Waals surface area contributed by atoms with Crippen molar-refractivity contribution in [1.82, 2.24) is 0 Å². The van der Waals surface area contributed by atoms with Crippen LogP contribution in [-0.4, -0.2) is 6.61 Å². The van der Waals surface area contributed by atoms with Crippen LogP contribution in [0.2, 0.25) is 0 Å². The Labute approximate surface area is 198 Å². The van der Waals surface area contributed by atoms with Gasteiger partial charge in [-0.2, -0.15) is 0 Å². The zero-order chi connectivity index (χ0) is 24.1. The van der Waals surface area contributed by atoms with E-state index in [9.17, 15) is 13.2 Å². The van der Waals surface area contributed by atoms with Gasteiger partial charge in [0.25, 0.3) is 0 Å². The molecule has 0 bridgehead atoms. The summed E-state index contributed by atoms with van der Waals surface area (Å²) in [4.78, 5) is 0. The first-order chi connectivity index (χ1) is 16.5. The van der Waals surface area contributed by atoms with Gasteiger partial charge < -0.3 is 4.74 Å². The zero-order valence-corrected chi connectivity index (χ0v) is 19.1. The first kappa shape index (κ1) is 23.4. The summed E-state index contributed by atoms with van der Waals surface area (Å²) in [5.41, 5.74) is 4.36. The molecular weight excluding hydrogens is 433 g/mol. The van der Waals surface area contributed by atoms with Gasteiger partial charge in [0.05, 0.1) is 6.61 Å². The Morgan fingerprint density at radius 2 is 1.18 bits per heavy atom. The maximum absolute atomic E-state index is 14.9. The summed E-state index contributed by atoms with van der Waals surface area (Å²) < 4.78 is 49.1. The van der Waals surface area contributed by atoms with E-state index in [0.717, 1.165) is 17.5 Å². The van der Waals surface area contributed by atoms with Gasteiger partial charge in [-0.3, -0.25) is 0 Å². The lowest BCUT2D eigenvalue weighted by Gasteiger charge is -2.10. The third-order valence-corrected chi connectivity index (χ3v) is 5.70. The number of hydrogen-bond donors (Lipinski definition) is 0. The molecule has 0 saturated heterocycles. The van der Waals surface area contributed by atoms with Crippen LogP contribution in [0.5, 0.6) is 5.75 Å². The minimum Gasteiger partial charge on any atom is -0.491 e. The summed E-state index contributed by atoms with van der Waals surface area (Å²) in [7, 11) is 0. The fourth-order valence-corrected chi connectivity index (χ4v) is 3.77. The highest BCUT2D eigenvalue weighted by Gasteiger charge is 2.16. The molecule has 0 unspecified atom stereocenters. The van der Waals surface area contributed by atoms with Gasteiger partial charge in [-0.15, -0.1) is 0 Å². The van der Waals surface area contributed by atoms with E-state index in [0.29, 0.717) is 23.3 Å². The lowest BCUT2D eigenvalue weighted by Crippen LogP contribution is -1.94. The monoisotopic (exact) mass is 458 g/mol. The maximum Gasteiger partial charge on any atom is 0.167 e. The minimum atomic E-state index is -0.870. The highest BCUT2D eigenvalue weighted by atomic mass is 19.2. The van der Waals surface area contributed by atoms with Crippen molar-refractivity contribution in [3.05, 3.63) is 113 Å². The molecule has 0 amide bonds. The Balaban J connectivity index is 1.54. The third-order valence-electron chi connectivity index (χ3n) is 5.70. The average molecular weight is 459 g/mol. The number of ether oxygens (including phenoxy) is 1. The molecule has 4 aromatic rings. The molecule has 0 radical (unpaired) electrons. The predicted octanol–water partition coefficient (Wildman–Crippen LogP) is 8.57. The lowest BCUT2D eigenvalue weighted by atomic mass is 9.97. The van der Waals surface area contributed by atoms with Crippen LogP contribution in [-0.2, 0) is 6.42 Å². The normalized spacial score (nSPS) is 11.2. The van der Waals surface area contributed by atoms with Crippen LogP contribution in [0.4, 0.5) is 13.2 Å². The van der Waals surface area contributed by atoms with Gasteiger partial charge >= 0.3 is 0 Å². The molecule has 0 aliphatic rings. The predicted molar refractivity (Wildman–Crippen MR) is 133 cm³/mol. The largest absolute Gasteiger partial charge is 0.491 e. The molecule has 172 valence electrons. The number of aryl methyl sites for hydroxylation is 1. The van der Waals surface area contributed by atoms with Gasteiger partial charge in [0, 0.05) is 11.1 Å². The molecule has 0 atom stereocenters. The summed E-state index contributed by atoms with van der Waals surface area (Å²) in [6, 6.07) is 22.6. The summed E-state index contributed by atoms with van der Waals surface area (Å²) in [6.45, 7) is 4.25.